The molecule has 1 rings (SSSR count). The van der Waals surface area contributed by atoms with Crippen LogP contribution in [0.2, 0.25) is 0 Å². The van der Waals surface area contributed by atoms with Crippen LogP contribution >= 0.6 is 11.3 Å². The molecule has 0 aromatic carbocycles. The predicted octanol–water partition coefficient (Wildman–Crippen LogP) is 2.75. The second-order valence-electron chi connectivity index (χ2n) is 4.43. The number of nitrogens with two attached hydrogens (primary N) is 1. The van der Waals surface area contributed by atoms with E-state index in [9.17, 15) is 4.79 Å². The number of unbranched alkanes of at least 4 members (excludes halogenated alkanes) is 1. The Morgan fingerprint density at radius 2 is 2.24 bits per heavy atom. The van der Waals surface area contributed by atoms with Crippen LogP contribution in [0, 0.1) is 6.92 Å². The molecule has 0 fully saturated rings. The van der Waals surface area contributed by atoms with Crippen LogP contribution in [-0.2, 0) is 4.79 Å². The minimum atomic E-state index is -0.376. The molecule has 0 spiro atoms. The maximum Gasteiger partial charge on any atom is 0.237 e. The molecule has 1 aromatic rings. The first-order valence-electron chi connectivity index (χ1n) is 6.17. The molecule has 3 N–H and O–H groups in total. The van der Waals surface area contributed by atoms with Crippen LogP contribution < -0.4 is 11.1 Å². The van der Waals surface area contributed by atoms with Gasteiger partial charge in [-0.2, -0.15) is 0 Å². The Bertz CT molecular complexity index is 362. The van der Waals surface area contributed by atoms with Gasteiger partial charge in [-0.25, -0.2) is 0 Å². The Labute approximate surface area is 107 Å². The molecule has 0 radical (unpaired) electrons. The quantitative estimate of drug-likeness (QED) is 0.820. The highest BCUT2D eigenvalue weighted by Gasteiger charge is 2.16. The van der Waals surface area contributed by atoms with Crippen LogP contribution in [-0.4, -0.2) is 11.9 Å². The van der Waals surface area contributed by atoms with Crippen LogP contribution in [0.25, 0.3) is 0 Å². The van der Waals surface area contributed by atoms with E-state index in [4.69, 9.17) is 5.73 Å². The monoisotopic (exact) mass is 254 g/mol. The van der Waals surface area contributed by atoms with Crippen molar-refractivity contribution >= 4 is 17.2 Å². The minimum absolute atomic E-state index is 0.0444. The molecule has 17 heavy (non-hydrogen) atoms. The van der Waals surface area contributed by atoms with Gasteiger partial charge in [0.1, 0.15) is 0 Å². The van der Waals surface area contributed by atoms with Crippen molar-refractivity contribution in [3.8, 4) is 0 Å². The van der Waals surface area contributed by atoms with E-state index in [2.05, 4.69) is 31.3 Å². The van der Waals surface area contributed by atoms with Crippen LogP contribution in [0.1, 0.15) is 48.9 Å². The first kappa shape index (κ1) is 14.2. The van der Waals surface area contributed by atoms with Gasteiger partial charge in [-0.3, -0.25) is 4.79 Å². The van der Waals surface area contributed by atoms with Crippen LogP contribution in [0.4, 0.5) is 0 Å². The molecule has 3 nitrogen and oxygen atoms in total. The Kier molecular flexibility index (Phi) is 5.65. The normalized spacial score (nSPS) is 14.4. The van der Waals surface area contributed by atoms with Crippen molar-refractivity contribution in [1.29, 1.82) is 0 Å². The van der Waals surface area contributed by atoms with Gasteiger partial charge < -0.3 is 11.1 Å². The third-order valence-electron chi connectivity index (χ3n) is 2.75. The Morgan fingerprint density at radius 3 is 2.76 bits per heavy atom. The lowest BCUT2D eigenvalue weighted by Crippen LogP contribution is -2.41. The maximum absolute atomic E-state index is 11.8. The van der Waals surface area contributed by atoms with E-state index in [1.165, 1.54) is 9.75 Å². The molecular weight excluding hydrogens is 232 g/mol. The van der Waals surface area contributed by atoms with Crippen LogP contribution in [0.3, 0.4) is 0 Å². The molecule has 1 aromatic heterocycles. The first-order valence-corrected chi connectivity index (χ1v) is 6.98. The van der Waals surface area contributed by atoms with E-state index < -0.39 is 0 Å². The summed E-state index contributed by atoms with van der Waals surface area (Å²) >= 11 is 1.71. The first-order chi connectivity index (χ1) is 8.04. The standard InChI is InChI=1S/C13H22N2OS/c1-4-5-6-11(14)13(16)15-10(3)12-8-7-9(2)17-12/h7-8,10-11H,4-6,14H2,1-3H3,(H,15,16)/t10?,11-/m0/s1. The van der Waals surface area contributed by atoms with Gasteiger partial charge in [0.05, 0.1) is 12.1 Å². The zero-order valence-corrected chi connectivity index (χ0v) is 11.6. The fourth-order valence-electron chi connectivity index (χ4n) is 1.63. The molecule has 0 saturated carbocycles. The zero-order valence-electron chi connectivity index (χ0n) is 10.8. The zero-order chi connectivity index (χ0) is 12.8. The lowest BCUT2D eigenvalue weighted by Gasteiger charge is -2.16. The molecule has 96 valence electrons. The number of hydrogen-bond donors (Lipinski definition) is 2. The van der Waals surface area contributed by atoms with Crippen molar-refractivity contribution in [2.45, 2.75) is 52.1 Å². The lowest BCUT2D eigenvalue weighted by molar-refractivity contribution is -0.123. The average molecular weight is 254 g/mol. The number of aryl methyl sites for hydroxylation is 1. The molecule has 0 aliphatic heterocycles. The van der Waals surface area contributed by atoms with E-state index in [0.717, 1.165) is 19.3 Å². The fourth-order valence-corrected chi connectivity index (χ4v) is 2.51. The summed E-state index contributed by atoms with van der Waals surface area (Å²) in [5, 5.41) is 2.96. The summed E-state index contributed by atoms with van der Waals surface area (Å²) in [4.78, 5) is 14.2. The van der Waals surface area contributed by atoms with Crippen molar-refractivity contribution in [3.63, 3.8) is 0 Å². The highest BCUT2D eigenvalue weighted by Crippen LogP contribution is 2.22. The third-order valence-corrected chi connectivity index (χ3v) is 3.94. The molecule has 0 aliphatic rings. The van der Waals surface area contributed by atoms with Gasteiger partial charge in [-0.05, 0) is 32.4 Å². The highest BCUT2D eigenvalue weighted by atomic mass is 32.1. The number of carbonyl (C=O) groups excluding carboxylic acids is 1. The van der Waals surface area contributed by atoms with Crippen molar-refractivity contribution in [1.82, 2.24) is 5.32 Å². The van der Waals surface area contributed by atoms with Crippen molar-refractivity contribution in [2.75, 3.05) is 0 Å². The molecule has 1 unspecified atom stereocenters. The summed E-state index contributed by atoms with van der Waals surface area (Å²) in [6.45, 7) is 6.16. The van der Waals surface area contributed by atoms with Crippen LogP contribution in [0.5, 0.6) is 0 Å². The van der Waals surface area contributed by atoms with Gasteiger partial charge in [0, 0.05) is 9.75 Å². The Balaban J connectivity index is 2.45. The van der Waals surface area contributed by atoms with Crippen molar-refractivity contribution in [2.24, 2.45) is 5.73 Å². The van der Waals surface area contributed by atoms with Crippen molar-refractivity contribution < 1.29 is 4.79 Å². The SMILES string of the molecule is CCCC[C@H](N)C(=O)NC(C)c1ccc(C)s1. The van der Waals surface area contributed by atoms with Gasteiger partial charge in [0.2, 0.25) is 5.91 Å². The largest absolute Gasteiger partial charge is 0.347 e. The molecule has 4 heteroatoms. The van der Waals surface area contributed by atoms with E-state index in [1.54, 1.807) is 11.3 Å². The van der Waals surface area contributed by atoms with Crippen molar-refractivity contribution in [3.05, 3.63) is 21.9 Å². The average Bonchev–Trinajstić information content (AvgIpc) is 2.72. The summed E-state index contributed by atoms with van der Waals surface area (Å²) in [7, 11) is 0. The lowest BCUT2D eigenvalue weighted by atomic mass is 10.1. The number of thiophene rings is 1. The summed E-state index contributed by atoms with van der Waals surface area (Å²) in [6.07, 6.45) is 2.83. The maximum atomic E-state index is 11.8. The van der Waals surface area contributed by atoms with Gasteiger partial charge in [0.25, 0.3) is 0 Å². The van der Waals surface area contributed by atoms with E-state index in [0.29, 0.717) is 0 Å². The van der Waals surface area contributed by atoms with Gasteiger partial charge in [0.15, 0.2) is 0 Å². The molecular formula is C13H22N2OS. The topological polar surface area (TPSA) is 55.1 Å². The fraction of sp³-hybridized carbons (Fsp3) is 0.615. The number of amides is 1. The molecule has 0 aliphatic carbocycles. The predicted molar refractivity (Wildman–Crippen MR) is 73.1 cm³/mol. The van der Waals surface area contributed by atoms with Crippen LogP contribution in [0.15, 0.2) is 12.1 Å². The smallest absolute Gasteiger partial charge is 0.237 e. The minimum Gasteiger partial charge on any atom is -0.347 e. The number of carbonyl (C=O) groups is 1. The second-order valence-corrected chi connectivity index (χ2v) is 5.75. The number of rotatable bonds is 6. The Hall–Kier alpha value is -0.870. The molecule has 1 heterocycles. The Morgan fingerprint density at radius 1 is 1.53 bits per heavy atom. The van der Waals surface area contributed by atoms with E-state index in [1.807, 2.05) is 6.92 Å². The van der Waals surface area contributed by atoms with Gasteiger partial charge >= 0.3 is 0 Å². The van der Waals surface area contributed by atoms with E-state index in [-0.39, 0.29) is 18.0 Å². The number of nitrogens with one attached hydrogen (secondary N) is 1. The molecule has 2 atom stereocenters. The van der Waals surface area contributed by atoms with E-state index >= 15 is 0 Å². The van der Waals surface area contributed by atoms with Gasteiger partial charge in [-0.15, -0.1) is 11.3 Å². The third kappa shape index (κ3) is 4.48. The molecule has 0 bridgehead atoms. The summed E-state index contributed by atoms with van der Waals surface area (Å²) in [5.41, 5.74) is 5.83. The summed E-state index contributed by atoms with van der Waals surface area (Å²) < 4.78 is 0. The van der Waals surface area contributed by atoms with Gasteiger partial charge in [-0.1, -0.05) is 19.8 Å². The molecule has 0 saturated heterocycles. The summed E-state index contributed by atoms with van der Waals surface area (Å²) in [6, 6.07) is 3.80. The summed E-state index contributed by atoms with van der Waals surface area (Å²) in [5.74, 6) is -0.0444. The number of hydrogen-bond acceptors (Lipinski definition) is 3. The molecule has 1 amide bonds. The second kappa shape index (κ2) is 6.77. The highest BCUT2D eigenvalue weighted by molar-refractivity contribution is 7.12.